The van der Waals surface area contributed by atoms with Gasteiger partial charge in [-0.15, -0.1) is 0 Å². The van der Waals surface area contributed by atoms with E-state index in [4.69, 9.17) is 0 Å². The number of carbonyl (C=O) groups excluding carboxylic acids is 1. The molecule has 20 heavy (non-hydrogen) atoms. The fourth-order valence-corrected chi connectivity index (χ4v) is 2.24. The lowest BCUT2D eigenvalue weighted by Crippen LogP contribution is -2.27. The molecule has 0 spiro atoms. The van der Waals surface area contributed by atoms with Gasteiger partial charge in [0, 0.05) is 44.6 Å². The van der Waals surface area contributed by atoms with Crippen molar-refractivity contribution in [1.29, 1.82) is 0 Å². The first-order chi connectivity index (χ1) is 9.56. The van der Waals surface area contributed by atoms with Gasteiger partial charge in [-0.1, -0.05) is 0 Å². The Bertz CT molecular complexity index is 572. The van der Waals surface area contributed by atoms with E-state index in [1.54, 1.807) is 10.9 Å². The molecule has 6 heteroatoms. The summed E-state index contributed by atoms with van der Waals surface area (Å²) < 4.78 is 3.78. The summed E-state index contributed by atoms with van der Waals surface area (Å²) in [4.78, 5) is 16.1. The molecule has 0 bridgehead atoms. The molecule has 6 nitrogen and oxygen atoms in total. The number of aryl methyl sites for hydroxylation is 2. The molecular formula is C14H21N5O. The largest absolute Gasteiger partial charge is 0.356 e. The van der Waals surface area contributed by atoms with E-state index >= 15 is 0 Å². The Morgan fingerprint density at radius 2 is 2.30 bits per heavy atom. The van der Waals surface area contributed by atoms with E-state index in [9.17, 15) is 4.79 Å². The summed E-state index contributed by atoms with van der Waals surface area (Å²) in [5.74, 6) is 0.996. The molecule has 2 aromatic rings. The minimum Gasteiger partial charge on any atom is -0.356 e. The van der Waals surface area contributed by atoms with Gasteiger partial charge in [-0.05, 0) is 25.8 Å². The molecule has 1 unspecified atom stereocenters. The Labute approximate surface area is 118 Å². The molecule has 108 valence electrons. The first-order valence-corrected chi connectivity index (χ1v) is 6.80. The van der Waals surface area contributed by atoms with Crippen molar-refractivity contribution in [3.63, 3.8) is 0 Å². The molecule has 2 aromatic heterocycles. The van der Waals surface area contributed by atoms with Crippen LogP contribution < -0.4 is 5.32 Å². The number of aromatic nitrogens is 4. The highest BCUT2D eigenvalue weighted by Crippen LogP contribution is 2.12. The van der Waals surface area contributed by atoms with Crippen molar-refractivity contribution >= 4 is 5.91 Å². The van der Waals surface area contributed by atoms with Crippen LogP contribution in [-0.4, -0.2) is 31.8 Å². The summed E-state index contributed by atoms with van der Waals surface area (Å²) in [6.45, 7) is 4.60. The third-order valence-corrected chi connectivity index (χ3v) is 3.31. The van der Waals surface area contributed by atoms with Gasteiger partial charge < -0.3 is 9.88 Å². The number of carbonyl (C=O) groups is 1. The highest BCUT2D eigenvalue weighted by molar-refractivity contribution is 5.76. The molecule has 0 saturated heterocycles. The number of hydrogen-bond acceptors (Lipinski definition) is 3. The van der Waals surface area contributed by atoms with Crippen molar-refractivity contribution in [2.45, 2.75) is 32.7 Å². The van der Waals surface area contributed by atoms with Gasteiger partial charge >= 0.3 is 0 Å². The van der Waals surface area contributed by atoms with Gasteiger partial charge in [0.05, 0.1) is 6.20 Å². The normalized spacial score (nSPS) is 12.3. The molecule has 0 saturated carbocycles. The van der Waals surface area contributed by atoms with E-state index in [1.807, 2.05) is 44.1 Å². The van der Waals surface area contributed by atoms with E-state index in [-0.39, 0.29) is 11.9 Å². The topological polar surface area (TPSA) is 64.7 Å². The zero-order valence-corrected chi connectivity index (χ0v) is 12.2. The van der Waals surface area contributed by atoms with Gasteiger partial charge in [0.2, 0.25) is 5.91 Å². The van der Waals surface area contributed by atoms with E-state index < -0.39 is 0 Å². The van der Waals surface area contributed by atoms with Gasteiger partial charge in [-0.25, -0.2) is 4.98 Å². The molecule has 2 heterocycles. The van der Waals surface area contributed by atoms with Gasteiger partial charge in [-0.3, -0.25) is 9.48 Å². The molecule has 0 aliphatic heterocycles. The second-order valence-electron chi connectivity index (χ2n) is 5.06. The first kappa shape index (κ1) is 14.3. The molecule has 1 N–H and O–H groups in total. The van der Waals surface area contributed by atoms with Crippen LogP contribution in [0.15, 0.2) is 24.8 Å². The second kappa shape index (κ2) is 6.36. The number of rotatable bonds is 6. The monoisotopic (exact) mass is 275 g/mol. The zero-order chi connectivity index (χ0) is 14.5. The summed E-state index contributed by atoms with van der Waals surface area (Å²) >= 11 is 0. The van der Waals surface area contributed by atoms with Crippen LogP contribution in [-0.2, 0) is 18.3 Å². The number of hydrogen-bond donors (Lipinski definition) is 1. The summed E-state index contributed by atoms with van der Waals surface area (Å²) in [6.07, 6.45) is 8.71. The Morgan fingerprint density at radius 1 is 1.50 bits per heavy atom. The van der Waals surface area contributed by atoms with E-state index in [2.05, 4.69) is 15.4 Å². The van der Waals surface area contributed by atoms with Crippen LogP contribution >= 0.6 is 0 Å². The third-order valence-electron chi connectivity index (χ3n) is 3.31. The Balaban J connectivity index is 1.74. The molecule has 0 aromatic carbocycles. The Morgan fingerprint density at radius 3 is 2.90 bits per heavy atom. The fourth-order valence-electron chi connectivity index (χ4n) is 2.24. The van der Waals surface area contributed by atoms with Crippen LogP contribution in [0.3, 0.4) is 0 Å². The maximum Gasteiger partial charge on any atom is 0.222 e. The molecule has 1 atom stereocenters. The number of amides is 1. The van der Waals surface area contributed by atoms with Crippen molar-refractivity contribution in [2.24, 2.45) is 7.05 Å². The average molecular weight is 275 g/mol. The van der Waals surface area contributed by atoms with E-state index in [0.717, 1.165) is 17.8 Å². The average Bonchev–Trinajstić information content (AvgIpc) is 2.98. The maximum atomic E-state index is 11.9. The van der Waals surface area contributed by atoms with Gasteiger partial charge in [0.1, 0.15) is 5.82 Å². The van der Waals surface area contributed by atoms with Crippen molar-refractivity contribution in [3.8, 4) is 0 Å². The minimum absolute atomic E-state index is 0.0643. The summed E-state index contributed by atoms with van der Waals surface area (Å²) in [6, 6.07) is 0.121. The molecule has 0 aliphatic rings. The number of imidazole rings is 1. The molecule has 0 fully saturated rings. The van der Waals surface area contributed by atoms with Crippen molar-refractivity contribution in [1.82, 2.24) is 24.6 Å². The van der Waals surface area contributed by atoms with Gasteiger partial charge in [0.15, 0.2) is 0 Å². The molecule has 0 radical (unpaired) electrons. The van der Waals surface area contributed by atoms with Crippen LogP contribution in [0, 0.1) is 6.92 Å². The molecular weight excluding hydrogens is 254 g/mol. The smallest absolute Gasteiger partial charge is 0.222 e. The lowest BCUT2D eigenvalue weighted by Gasteiger charge is -2.14. The SMILES string of the molecule is Cc1nccn1C(C)CC(=O)NCCc1cnn(C)c1. The van der Waals surface area contributed by atoms with Gasteiger partial charge in [0.25, 0.3) is 0 Å². The summed E-state index contributed by atoms with van der Waals surface area (Å²) in [5.41, 5.74) is 1.13. The van der Waals surface area contributed by atoms with E-state index in [0.29, 0.717) is 13.0 Å². The highest BCUT2D eigenvalue weighted by Gasteiger charge is 2.11. The molecule has 1 amide bonds. The Kier molecular flexibility index (Phi) is 4.55. The molecule has 2 rings (SSSR count). The van der Waals surface area contributed by atoms with Crippen molar-refractivity contribution in [2.75, 3.05) is 6.54 Å². The van der Waals surface area contributed by atoms with Crippen LogP contribution in [0.2, 0.25) is 0 Å². The number of nitrogens with zero attached hydrogens (tertiary/aromatic N) is 4. The predicted molar refractivity (Wildman–Crippen MR) is 76.2 cm³/mol. The second-order valence-corrected chi connectivity index (χ2v) is 5.06. The highest BCUT2D eigenvalue weighted by atomic mass is 16.1. The van der Waals surface area contributed by atoms with Crippen LogP contribution in [0.5, 0.6) is 0 Å². The van der Waals surface area contributed by atoms with E-state index in [1.165, 1.54) is 0 Å². The standard InChI is InChI=1S/C14H21N5O/c1-11(19-7-6-15-12(19)2)8-14(20)16-5-4-13-9-17-18(3)10-13/h6-7,9-11H,4-5,8H2,1-3H3,(H,16,20). The minimum atomic E-state index is 0.0643. The predicted octanol–water partition coefficient (Wildman–Crippen LogP) is 1.24. The third kappa shape index (κ3) is 3.69. The lowest BCUT2D eigenvalue weighted by molar-refractivity contribution is -0.121. The molecule has 0 aliphatic carbocycles. The quantitative estimate of drug-likeness (QED) is 0.862. The lowest BCUT2D eigenvalue weighted by atomic mass is 10.2. The van der Waals surface area contributed by atoms with Gasteiger partial charge in [-0.2, -0.15) is 5.10 Å². The number of nitrogens with one attached hydrogen (secondary N) is 1. The Hall–Kier alpha value is -2.11. The van der Waals surface area contributed by atoms with Crippen molar-refractivity contribution in [3.05, 3.63) is 36.2 Å². The van der Waals surface area contributed by atoms with Crippen molar-refractivity contribution < 1.29 is 4.79 Å². The van der Waals surface area contributed by atoms with Crippen LogP contribution in [0.1, 0.15) is 30.8 Å². The summed E-state index contributed by atoms with van der Waals surface area (Å²) in [7, 11) is 1.89. The zero-order valence-electron chi connectivity index (χ0n) is 12.2. The van der Waals surface area contributed by atoms with Crippen LogP contribution in [0.25, 0.3) is 0 Å². The maximum absolute atomic E-state index is 11.9. The van der Waals surface area contributed by atoms with Crippen LogP contribution in [0.4, 0.5) is 0 Å². The summed E-state index contributed by atoms with van der Waals surface area (Å²) in [5, 5.41) is 7.04. The fraction of sp³-hybridized carbons (Fsp3) is 0.500. The first-order valence-electron chi connectivity index (χ1n) is 6.80.